The number of hydrogen-bond acceptors (Lipinski definition) is 6. The summed E-state index contributed by atoms with van der Waals surface area (Å²) < 4.78 is 14.5. The van der Waals surface area contributed by atoms with Gasteiger partial charge >= 0.3 is 7.82 Å². The van der Waals surface area contributed by atoms with Crippen LogP contribution in [-0.2, 0) is 13.9 Å². The Morgan fingerprint density at radius 1 is 1.33 bits per heavy atom. The molecule has 0 spiro atoms. The van der Waals surface area contributed by atoms with E-state index in [0.29, 0.717) is 0 Å². The van der Waals surface area contributed by atoms with Crippen molar-refractivity contribution in [3.8, 4) is 0 Å². The Bertz CT molecular complexity index is 237. The second-order valence-corrected chi connectivity index (χ2v) is 3.97. The molecule has 8 nitrogen and oxygen atoms in total. The van der Waals surface area contributed by atoms with Crippen molar-refractivity contribution in [3.63, 3.8) is 0 Å². The molecule has 90 valence electrons. The van der Waals surface area contributed by atoms with E-state index in [0.717, 1.165) is 0 Å². The highest BCUT2D eigenvalue weighted by atomic mass is 31.2. The topological polar surface area (TPSA) is 145 Å². The lowest BCUT2D eigenvalue weighted by atomic mass is 10.1. The maximum atomic E-state index is 10.4. The van der Waals surface area contributed by atoms with E-state index in [-0.39, 0.29) is 6.29 Å². The minimum Gasteiger partial charge on any atom is -0.394 e. The first kappa shape index (κ1) is 14.7. The summed E-state index contributed by atoms with van der Waals surface area (Å²) in [6, 6.07) is 0. The summed E-state index contributed by atoms with van der Waals surface area (Å²) in [5.74, 6) is 0. The lowest BCUT2D eigenvalue weighted by molar-refractivity contribution is -0.114. The highest BCUT2D eigenvalue weighted by Crippen LogP contribution is 2.39. The monoisotopic (exact) mass is 244 g/mol. The average Bonchev–Trinajstić information content (AvgIpc) is 2.13. The van der Waals surface area contributed by atoms with Gasteiger partial charge in [-0.1, -0.05) is 0 Å². The van der Waals surface area contributed by atoms with E-state index >= 15 is 0 Å². The van der Waals surface area contributed by atoms with Gasteiger partial charge < -0.3 is 29.9 Å². The molecule has 0 radical (unpaired) electrons. The number of rotatable bonds is 7. The van der Waals surface area contributed by atoms with Crippen molar-refractivity contribution >= 4 is 14.1 Å². The zero-order chi connectivity index (χ0) is 12.1. The summed E-state index contributed by atoms with van der Waals surface area (Å²) in [4.78, 5) is 27.0. The fourth-order valence-electron chi connectivity index (χ4n) is 0.872. The minimum atomic E-state index is -4.87. The Morgan fingerprint density at radius 2 is 1.87 bits per heavy atom. The molecule has 0 heterocycles. The molecule has 0 bridgehead atoms. The standard InChI is InChI=1S/C6H13O8P/c7-2-1-5(14-15(11,12)13)6(10)4(9)3-8/h2,4-6,8-10H,1,3H2,(H2,11,12,13)/t4-,5-,6+/m1/s1. The largest absolute Gasteiger partial charge is 0.469 e. The molecule has 0 saturated carbocycles. The van der Waals surface area contributed by atoms with Crippen LogP contribution < -0.4 is 0 Å². The van der Waals surface area contributed by atoms with Crippen LogP contribution in [0.3, 0.4) is 0 Å². The molecule has 0 fully saturated rings. The first-order valence-corrected chi connectivity index (χ1v) is 5.49. The van der Waals surface area contributed by atoms with Crippen LogP contribution in [0.5, 0.6) is 0 Å². The van der Waals surface area contributed by atoms with Crippen LogP contribution in [-0.4, -0.2) is 56.3 Å². The Hall–Kier alpha value is -0.340. The van der Waals surface area contributed by atoms with Crippen molar-refractivity contribution in [1.82, 2.24) is 0 Å². The summed E-state index contributed by atoms with van der Waals surface area (Å²) in [5.41, 5.74) is 0. The van der Waals surface area contributed by atoms with Gasteiger partial charge in [-0.3, -0.25) is 4.52 Å². The molecule has 9 heteroatoms. The molecule has 0 rings (SSSR count). The van der Waals surface area contributed by atoms with E-state index in [1.54, 1.807) is 0 Å². The Balaban J connectivity index is 4.50. The van der Waals surface area contributed by atoms with Gasteiger partial charge in [-0.25, -0.2) is 4.57 Å². The summed E-state index contributed by atoms with van der Waals surface area (Å²) in [6.45, 7) is -0.818. The van der Waals surface area contributed by atoms with Crippen LogP contribution in [0.1, 0.15) is 6.42 Å². The van der Waals surface area contributed by atoms with Gasteiger partial charge in [-0.05, 0) is 0 Å². The van der Waals surface area contributed by atoms with Crippen LogP contribution >= 0.6 is 7.82 Å². The smallest absolute Gasteiger partial charge is 0.394 e. The molecule has 0 aromatic rings. The van der Waals surface area contributed by atoms with Crippen LogP contribution in [0.15, 0.2) is 0 Å². The van der Waals surface area contributed by atoms with E-state index in [1.165, 1.54) is 0 Å². The van der Waals surface area contributed by atoms with Crippen molar-refractivity contribution < 1.29 is 39.0 Å². The first-order chi connectivity index (χ1) is 6.81. The quantitative estimate of drug-likeness (QED) is 0.250. The average molecular weight is 244 g/mol. The van der Waals surface area contributed by atoms with Gasteiger partial charge in [0.25, 0.3) is 0 Å². The molecule has 0 aromatic heterocycles. The van der Waals surface area contributed by atoms with Crippen molar-refractivity contribution in [2.45, 2.75) is 24.7 Å². The second-order valence-electron chi connectivity index (χ2n) is 2.78. The molecule has 3 atom stereocenters. The number of carbonyl (C=O) groups is 1. The number of aliphatic hydroxyl groups is 3. The molecular weight excluding hydrogens is 231 g/mol. The fraction of sp³-hybridized carbons (Fsp3) is 0.833. The van der Waals surface area contributed by atoms with E-state index in [4.69, 9.17) is 20.0 Å². The Labute approximate surface area is 85.4 Å². The summed E-state index contributed by atoms with van der Waals surface area (Å²) >= 11 is 0. The van der Waals surface area contributed by atoms with Gasteiger partial charge in [0, 0.05) is 6.42 Å². The number of phosphoric ester groups is 1. The maximum absolute atomic E-state index is 10.4. The lowest BCUT2D eigenvalue weighted by Gasteiger charge is -2.24. The molecule has 5 N–H and O–H groups in total. The van der Waals surface area contributed by atoms with Crippen LogP contribution in [0, 0.1) is 0 Å². The summed E-state index contributed by atoms with van der Waals surface area (Å²) in [5, 5.41) is 26.7. The first-order valence-electron chi connectivity index (χ1n) is 3.96. The summed E-state index contributed by atoms with van der Waals surface area (Å²) in [7, 11) is -4.87. The number of aldehydes is 1. The highest BCUT2D eigenvalue weighted by Gasteiger charge is 2.32. The van der Waals surface area contributed by atoms with E-state index in [2.05, 4.69) is 4.52 Å². The van der Waals surface area contributed by atoms with Gasteiger partial charge in [0.2, 0.25) is 0 Å². The predicted molar refractivity (Wildman–Crippen MR) is 46.7 cm³/mol. The molecule has 0 unspecified atom stereocenters. The summed E-state index contributed by atoms with van der Waals surface area (Å²) in [6.07, 6.45) is -5.20. The molecule has 15 heavy (non-hydrogen) atoms. The van der Waals surface area contributed by atoms with Crippen molar-refractivity contribution in [3.05, 3.63) is 0 Å². The molecule has 0 amide bonds. The normalized spacial score (nSPS) is 18.2. The van der Waals surface area contributed by atoms with Gasteiger partial charge in [0.15, 0.2) is 0 Å². The number of aliphatic hydroxyl groups excluding tert-OH is 3. The molecule has 0 aliphatic heterocycles. The lowest BCUT2D eigenvalue weighted by Crippen LogP contribution is -2.40. The van der Waals surface area contributed by atoms with Crippen LogP contribution in [0.25, 0.3) is 0 Å². The fourth-order valence-corrected chi connectivity index (χ4v) is 1.44. The minimum absolute atomic E-state index is 0.271. The zero-order valence-corrected chi connectivity index (χ0v) is 8.53. The van der Waals surface area contributed by atoms with E-state index in [9.17, 15) is 14.5 Å². The van der Waals surface area contributed by atoms with E-state index in [1.807, 2.05) is 0 Å². The number of phosphoric acid groups is 1. The highest BCUT2D eigenvalue weighted by molar-refractivity contribution is 7.46. The number of carbonyl (C=O) groups excluding carboxylic acids is 1. The zero-order valence-electron chi connectivity index (χ0n) is 7.63. The second kappa shape index (κ2) is 6.29. The SMILES string of the molecule is O=CC[C@@H](OP(=O)(O)O)[C@@H](O)[C@H](O)CO. The van der Waals surface area contributed by atoms with Gasteiger partial charge in [-0.2, -0.15) is 0 Å². The third-order valence-electron chi connectivity index (χ3n) is 1.56. The van der Waals surface area contributed by atoms with Crippen molar-refractivity contribution in [1.29, 1.82) is 0 Å². The third kappa shape index (κ3) is 5.95. The third-order valence-corrected chi connectivity index (χ3v) is 2.11. The predicted octanol–water partition coefficient (Wildman–Crippen LogP) is -2.23. The maximum Gasteiger partial charge on any atom is 0.469 e. The molecule has 0 aliphatic rings. The van der Waals surface area contributed by atoms with Crippen LogP contribution in [0.2, 0.25) is 0 Å². The molecule has 0 aliphatic carbocycles. The Morgan fingerprint density at radius 3 is 2.20 bits per heavy atom. The van der Waals surface area contributed by atoms with Gasteiger partial charge in [0.1, 0.15) is 24.6 Å². The van der Waals surface area contributed by atoms with Gasteiger partial charge in [0.05, 0.1) is 6.61 Å². The van der Waals surface area contributed by atoms with Gasteiger partial charge in [-0.15, -0.1) is 0 Å². The van der Waals surface area contributed by atoms with Crippen molar-refractivity contribution in [2.24, 2.45) is 0 Å². The van der Waals surface area contributed by atoms with E-state index < -0.39 is 39.2 Å². The molecule has 0 aromatic carbocycles. The van der Waals surface area contributed by atoms with Crippen LogP contribution in [0.4, 0.5) is 0 Å². The molecule has 0 saturated heterocycles. The van der Waals surface area contributed by atoms with Crippen molar-refractivity contribution in [2.75, 3.05) is 6.61 Å². The Kier molecular flexibility index (Phi) is 6.15. The number of hydrogen-bond donors (Lipinski definition) is 5. The molecular formula is C6H13O8P.